The molecule has 0 aliphatic heterocycles. The van der Waals surface area contributed by atoms with E-state index in [-0.39, 0.29) is 12.1 Å². The van der Waals surface area contributed by atoms with E-state index >= 15 is 0 Å². The maximum absolute atomic E-state index is 6.05. The van der Waals surface area contributed by atoms with Crippen LogP contribution in [0.4, 0.5) is 5.82 Å². The Morgan fingerprint density at radius 3 is 2.83 bits per heavy atom. The standard InChI is InChI=1S/C16H17ClN6O/c17-10-1-4-12(5-2-10)24-13-6-3-11(7-13)23-16-14(8-21-23)15(22-18)19-9-20-16/h1-2,4-5,8-9,11,13H,3,6-7,18H2,(H,19,20,22). The van der Waals surface area contributed by atoms with Crippen LogP contribution in [0.2, 0.25) is 5.02 Å². The summed E-state index contributed by atoms with van der Waals surface area (Å²) < 4.78 is 8.00. The number of benzene rings is 1. The molecule has 8 heteroatoms. The smallest absolute Gasteiger partial charge is 0.163 e. The molecule has 0 spiro atoms. The van der Waals surface area contributed by atoms with Crippen molar-refractivity contribution in [1.82, 2.24) is 19.7 Å². The number of hydrogen-bond donors (Lipinski definition) is 2. The molecule has 124 valence electrons. The fraction of sp³-hybridized carbons (Fsp3) is 0.312. The normalized spacial score (nSPS) is 20.4. The average Bonchev–Trinajstić information content (AvgIpc) is 3.23. The predicted molar refractivity (Wildman–Crippen MR) is 91.9 cm³/mol. The monoisotopic (exact) mass is 344 g/mol. The molecule has 2 heterocycles. The molecule has 4 rings (SSSR count). The molecule has 1 aliphatic rings. The van der Waals surface area contributed by atoms with E-state index in [4.69, 9.17) is 22.2 Å². The van der Waals surface area contributed by atoms with Crippen LogP contribution in [0.25, 0.3) is 11.0 Å². The predicted octanol–water partition coefficient (Wildman–Crippen LogP) is 2.94. The summed E-state index contributed by atoms with van der Waals surface area (Å²) in [6.45, 7) is 0. The lowest BCUT2D eigenvalue weighted by Crippen LogP contribution is -2.14. The maximum Gasteiger partial charge on any atom is 0.163 e. The minimum atomic E-state index is 0.157. The third-order valence-electron chi connectivity index (χ3n) is 4.35. The Kier molecular flexibility index (Phi) is 3.95. The summed E-state index contributed by atoms with van der Waals surface area (Å²) in [6, 6.07) is 7.71. The van der Waals surface area contributed by atoms with E-state index in [1.807, 2.05) is 28.9 Å². The first kappa shape index (κ1) is 15.2. The summed E-state index contributed by atoms with van der Waals surface area (Å²) in [4.78, 5) is 8.46. The third kappa shape index (κ3) is 2.76. The van der Waals surface area contributed by atoms with Gasteiger partial charge in [0, 0.05) is 11.4 Å². The number of hydrazine groups is 1. The first-order valence-electron chi connectivity index (χ1n) is 7.81. The summed E-state index contributed by atoms with van der Waals surface area (Å²) in [7, 11) is 0. The number of anilines is 1. The second-order valence-corrected chi connectivity index (χ2v) is 6.29. The Balaban J connectivity index is 1.51. The van der Waals surface area contributed by atoms with Crippen molar-refractivity contribution in [2.75, 3.05) is 5.43 Å². The second kappa shape index (κ2) is 6.26. The van der Waals surface area contributed by atoms with Gasteiger partial charge in [0.25, 0.3) is 0 Å². The van der Waals surface area contributed by atoms with Gasteiger partial charge in [-0.2, -0.15) is 5.10 Å². The van der Waals surface area contributed by atoms with Gasteiger partial charge in [0.05, 0.1) is 17.6 Å². The van der Waals surface area contributed by atoms with Crippen LogP contribution in [-0.2, 0) is 0 Å². The number of nitrogens with zero attached hydrogens (tertiary/aromatic N) is 4. The molecule has 2 atom stereocenters. The van der Waals surface area contributed by atoms with Crippen molar-refractivity contribution in [3.8, 4) is 5.75 Å². The van der Waals surface area contributed by atoms with Crippen molar-refractivity contribution in [2.45, 2.75) is 31.4 Å². The van der Waals surface area contributed by atoms with Gasteiger partial charge in [0.15, 0.2) is 11.5 Å². The molecule has 1 fully saturated rings. The van der Waals surface area contributed by atoms with E-state index in [0.29, 0.717) is 10.8 Å². The zero-order chi connectivity index (χ0) is 16.5. The molecule has 1 saturated carbocycles. The molecular weight excluding hydrogens is 328 g/mol. The molecule has 3 aromatic rings. The van der Waals surface area contributed by atoms with E-state index in [1.54, 1.807) is 6.20 Å². The van der Waals surface area contributed by atoms with Crippen LogP contribution in [0.5, 0.6) is 5.75 Å². The summed E-state index contributed by atoms with van der Waals surface area (Å²) >= 11 is 5.91. The molecule has 0 bridgehead atoms. The van der Waals surface area contributed by atoms with E-state index < -0.39 is 0 Å². The topological polar surface area (TPSA) is 90.9 Å². The highest BCUT2D eigenvalue weighted by atomic mass is 35.5. The summed E-state index contributed by atoms with van der Waals surface area (Å²) in [5.41, 5.74) is 3.37. The number of hydrogen-bond acceptors (Lipinski definition) is 6. The van der Waals surface area contributed by atoms with Gasteiger partial charge >= 0.3 is 0 Å². The molecule has 0 saturated heterocycles. The van der Waals surface area contributed by atoms with Crippen molar-refractivity contribution in [3.05, 3.63) is 41.8 Å². The minimum absolute atomic E-state index is 0.157. The van der Waals surface area contributed by atoms with E-state index in [2.05, 4.69) is 20.5 Å². The highest BCUT2D eigenvalue weighted by molar-refractivity contribution is 6.30. The van der Waals surface area contributed by atoms with E-state index in [9.17, 15) is 0 Å². The molecular formula is C16H17ClN6O. The first-order chi connectivity index (χ1) is 11.7. The first-order valence-corrected chi connectivity index (χ1v) is 8.19. The maximum atomic E-state index is 6.05. The minimum Gasteiger partial charge on any atom is -0.490 e. The number of nitrogens with one attached hydrogen (secondary N) is 1. The lowest BCUT2D eigenvalue weighted by Gasteiger charge is -2.15. The average molecular weight is 345 g/mol. The Bertz CT molecular complexity index is 849. The van der Waals surface area contributed by atoms with Gasteiger partial charge in [-0.3, -0.25) is 0 Å². The van der Waals surface area contributed by atoms with Crippen LogP contribution in [0.1, 0.15) is 25.3 Å². The van der Waals surface area contributed by atoms with Crippen LogP contribution < -0.4 is 16.0 Å². The Hall–Kier alpha value is -2.38. The van der Waals surface area contributed by atoms with E-state index in [1.165, 1.54) is 6.33 Å². The summed E-state index contributed by atoms with van der Waals surface area (Å²) in [5, 5.41) is 6.01. The quantitative estimate of drug-likeness (QED) is 0.558. The van der Waals surface area contributed by atoms with Gasteiger partial charge in [-0.05, 0) is 37.1 Å². The van der Waals surface area contributed by atoms with Gasteiger partial charge in [-0.25, -0.2) is 20.5 Å². The SMILES string of the molecule is NNc1ncnc2c1cnn2C1CCC(Oc2ccc(Cl)cc2)C1. The summed E-state index contributed by atoms with van der Waals surface area (Å²) in [5.74, 6) is 6.91. The molecule has 2 unspecified atom stereocenters. The van der Waals surface area contributed by atoms with Crippen molar-refractivity contribution < 1.29 is 4.74 Å². The number of nitrogen functional groups attached to an aromatic ring is 1. The van der Waals surface area contributed by atoms with Crippen LogP contribution in [-0.4, -0.2) is 25.9 Å². The molecule has 2 aromatic heterocycles. The molecule has 0 radical (unpaired) electrons. The zero-order valence-electron chi connectivity index (χ0n) is 12.9. The molecule has 1 aliphatic carbocycles. The Morgan fingerprint density at radius 1 is 1.21 bits per heavy atom. The van der Waals surface area contributed by atoms with Crippen LogP contribution in [0.3, 0.4) is 0 Å². The van der Waals surface area contributed by atoms with Gasteiger partial charge in [0.2, 0.25) is 0 Å². The Morgan fingerprint density at radius 2 is 2.04 bits per heavy atom. The number of rotatable bonds is 4. The highest BCUT2D eigenvalue weighted by Gasteiger charge is 2.29. The number of aromatic nitrogens is 4. The molecule has 0 amide bonds. The van der Waals surface area contributed by atoms with Gasteiger partial charge in [-0.15, -0.1) is 0 Å². The molecule has 1 aromatic carbocycles. The van der Waals surface area contributed by atoms with Crippen molar-refractivity contribution in [3.63, 3.8) is 0 Å². The van der Waals surface area contributed by atoms with Gasteiger partial charge < -0.3 is 10.2 Å². The molecule has 7 nitrogen and oxygen atoms in total. The second-order valence-electron chi connectivity index (χ2n) is 5.85. The fourth-order valence-electron chi connectivity index (χ4n) is 3.20. The lowest BCUT2D eigenvalue weighted by atomic mass is 10.2. The zero-order valence-corrected chi connectivity index (χ0v) is 13.6. The van der Waals surface area contributed by atoms with Crippen molar-refractivity contribution in [1.29, 1.82) is 0 Å². The number of ether oxygens (including phenoxy) is 1. The number of halogens is 1. The number of nitrogens with two attached hydrogens (primary N) is 1. The lowest BCUT2D eigenvalue weighted by molar-refractivity contribution is 0.203. The van der Waals surface area contributed by atoms with Crippen LogP contribution >= 0.6 is 11.6 Å². The molecule has 3 N–H and O–H groups in total. The summed E-state index contributed by atoms with van der Waals surface area (Å²) in [6.07, 6.45) is 6.25. The van der Waals surface area contributed by atoms with Crippen LogP contribution in [0.15, 0.2) is 36.8 Å². The van der Waals surface area contributed by atoms with Crippen molar-refractivity contribution in [2.24, 2.45) is 5.84 Å². The highest BCUT2D eigenvalue weighted by Crippen LogP contribution is 2.34. The van der Waals surface area contributed by atoms with Crippen LogP contribution in [0, 0.1) is 0 Å². The Labute approximate surface area is 143 Å². The van der Waals surface area contributed by atoms with Gasteiger partial charge in [0.1, 0.15) is 18.2 Å². The molecule has 24 heavy (non-hydrogen) atoms. The number of fused-ring (bicyclic) bond motifs is 1. The van der Waals surface area contributed by atoms with Crippen molar-refractivity contribution >= 4 is 28.5 Å². The van der Waals surface area contributed by atoms with E-state index in [0.717, 1.165) is 36.0 Å². The third-order valence-corrected chi connectivity index (χ3v) is 4.60. The van der Waals surface area contributed by atoms with Gasteiger partial charge in [-0.1, -0.05) is 11.6 Å². The largest absolute Gasteiger partial charge is 0.490 e. The fourth-order valence-corrected chi connectivity index (χ4v) is 3.32.